The van der Waals surface area contributed by atoms with E-state index < -0.39 is 0 Å². The largest absolute Gasteiger partial charge is 0.493 e. The predicted molar refractivity (Wildman–Crippen MR) is 108 cm³/mol. The molecule has 3 N–H and O–H groups in total. The molecule has 0 aliphatic heterocycles. The number of hydrogen-bond acceptors (Lipinski definition) is 3. The van der Waals surface area contributed by atoms with Crippen molar-refractivity contribution in [3.05, 3.63) is 66.2 Å². The third kappa shape index (κ3) is 6.51. The zero-order valence-corrected chi connectivity index (χ0v) is 15.7. The SMILES string of the molecule is C=CCNC(=O)Nc1ccc(NC(=O)CCOc2cccc(C)c2C)cc1. The topological polar surface area (TPSA) is 79.5 Å². The Morgan fingerprint density at radius 3 is 2.37 bits per heavy atom. The number of ether oxygens (including phenoxy) is 1. The Morgan fingerprint density at radius 2 is 1.70 bits per heavy atom. The standard InChI is InChI=1S/C21H25N3O3/c1-4-13-22-21(26)24-18-10-8-17(9-11-18)23-20(25)12-14-27-19-7-5-6-15(2)16(19)3/h4-11H,1,12-14H2,2-3H3,(H,23,25)(H2,22,24,26). The van der Waals surface area contributed by atoms with Crippen LogP contribution in [0.2, 0.25) is 0 Å². The summed E-state index contributed by atoms with van der Waals surface area (Å²) in [6, 6.07) is 12.4. The molecule has 0 saturated heterocycles. The smallest absolute Gasteiger partial charge is 0.319 e. The van der Waals surface area contributed by atoms with Crippen molar-refractivity contribution in [3.63, 3.8) is 0 Å². The Labute approximate surface area is 159 Å². The fraction of sp³-hybridized carbons (Fsp3) is 0.238. The number of anilines is 2. The monoisotopic (exact) mass is 367 g/mol. The molecule has 142 valence electrons. The van der Waals surface area contributed by atoms with E-state index in [1.165, 1.54) is 0 Å². The van der Waals surface area contributed by atoms with Gasteiger partial charge in [0.2, 0.25) is 5.91 Å². The van der Waals surface area contributed by atoms with Crippen LogP contribution in [0.3, 0.4) is 0 Å². The first-order valence-corrected chi connectivity index (χ1v) is 8.74. The van der Waals surface area contributed by atoms with Gasteiger partial charge in [-0.05, 0) is 55.3 Å². The van der Waals surface area contributed by atoms with E-state index in [9.17, 15) is 9.59 Å². The molecule has 0 aromatic heterocycles. The van der Waals surface area contributed by atoms with Gasteiger partial charge < -0.3 is 20.7 Å². The molecule has 0 fully saturated rings. The van der Waals surface area contributed by atoms with Gasteiger partial charge in [-0.2, -0.15) is 0 Å². The summed E-state index contributed by atoms with van der Waals surface area (Å²) < 4.78 is 5.70. The minimum Gasteiger partial charge on any atom is -0.493 e. The van der Waals surface area contributed by atoms with E-state index in [0.717, 1.165) is 16.9 Å². The maximum atomic E-state index is 12.1. The van der Waals surface area contributed by atoms with Crippen LogP contribution >= 0.6 is 0 Å². The molecule has 6 heteroatoms. The van der Waals surface area contributed by atoms with Gasteiger partial charge in [-0.3, -0.25) is 4.79 Å². The second-order valence-electron chi connectivity index (χ2n) is 6.05. The number of hydrogen-bond donors (Lipinski definition) is 3. The number of aryl methyl sites for hydroxylation is 1. The quantitative estimate of drug-likeness (QED) is 0.617. The average Bonchev–Trinajstić information content (AvgIpc) is 2.65. The Morgan fingerprint density at radius 1 is 1.04 bits per heavy atom. The molecule has 0 bridgehead atoms. The lowest BCUT2D eigenvalue weighted by atomic mass is 10.1. The van der Waals surface area contributed by atoms with Gasteiger partial charge in [0.05, 0.1) is 13.0 Å². The molecule has 2 aromatic rings. The van der Waals surface area contributed by atoms with E-state index >= 15 is 0 Å². The van der Waals surface area contributed by atoms with Crippen LogP contribution < -0.4 is 20.7 Å². The van der Waals surface area contributed by atoms with Crippen molar-refractivity contribution in [1.29, 1.82) is 0 Å². The van der Waals surface area contributed by atoms with Gasteiger partial charge in [-0.1, -0.05) is 18.2 Å². The average molecular weight is 367 g/mol. The molecule has 0 radical (unpaired) electrons. The van der Waals surface area contributed by atoms with E-state index in [1.54, 1.807) is 30.3 Å². The molecule has 27 heavy (non-hydrogen) atoms. The number of amides is 3. The van der Waals surface area contributed by atoms with Gasteiger partial charge in [0.15, 0.2) is 0 Å². The van der Waals surface area contributed by atoms with Crippen LogP contribution in [0, 0.1) is 13.8 Å². The molecule has 3 amide bonds. The molecule has 0 saturated carbocycles. The maximum absolute atomic E-state index is 12.1. The van der Waals surface area contributed by atoms with Crippen LogP contribution in [-0.4, -0.2) is 25.1 Å². The van der Waals surface area contributed by atoms with Gasteiger partial charge in [-0.15, -0.1) is 6.58 Å². The molecular formula is C21H25N3O3. The fourth-order valence-corrected chi connectivity index (χ4v) is 2.33. The molecule has 0 spiro atoms. The van der Waals surface area contributed by atoms with Gasteiger partial charge in [-0.25, -0.2) is 4.79 Å². The van der Waals surface area contributed by atoms with Gasteiger partial charge in [0.1, 0.15) is 5.75 Å². The minimum absolute atomic E-state index is 0.134. The highest BCUT2D eigenvalue weighted by Crippen LogP contribution is 2.20. The van der Waals surface area contributed by atoms with Gasteiger partial charge in [0.25, 0.3) is 0 Å². The van der Waals surface area contributed by atoms with Crippen LogP contribution in [0.1, 0.15) is 17.5 Å². The number of carbonyl (C=O) groups is 2. The molecule has 2 aromatic carbocycles. The van der Waals surface area contributed by atoms with Crippen molar-refractivity contribution >= 4 is 23.3 Å². The van der Waals surface area contributed by atoms with Crippen LogP contribution in [0.15, 0.2) is 55.1 Å². The molecule has 2 rings (SSSR count). The van der Waals surface area contributed by atoms with Crippen molar-refractivity contribution < 1.29 is 14.3 Å². The molecule has 0 atom stereocenters. The maximum Gasteiger partial charge on any atom is 0.319 e. The number of urea groups is 1. The van der Waals surface area contributed by atoms with Crippen molar-refractivity contribution in [2.45, 2.75) is 20.3 Å². The van der Waals surface area contributed by atoms with Crippen LogP contribution in [0.25, 0.3) is 0 Å². The summed E-state index contributed by atoms with van der Waals surface area (Å²) in [6.45, 7) is 8.25. The van der Waals surface area contributed by atoms with Crippen LogP contribution in [0.5, 0.6) is 5.75 Å². The zero-order chi connectivity index (χ0) is 19.6. The summed E-state index contributed by atoms with van der Waals surface area (Å²) in [7, 11) is 0. The molecule has 0 heterocycles. The summed E-state index contributed by atoms with van der Waals surface area (Å²) in [5.74, 6) is 0.665. The zero-order valence-electron chi connectivity index (χ0n) is 15.7. The lowest BCUT2D eigenvalue weighted by Gasteiger charge is -2.11. The van der Waals surface area contributed by atoms with E-state index in [-0.39, 0.29) is 18.4 Å². The number of rotatable bonds is 8. The summed E-state index contributed by atoms with van der Waals surface area (Å²) >= 11 is 0. The van der Waals surface area contributed by atoms with Crippen LogP contribution in [-0.2, 0) is 4.79 Å². The third-order valence-corrected chi connectivity index (χ3v) is 3.98. The fourth-order valence-electron chi connectivity index (χ4n) is 2.33. The summed E-state index contributed by atoms with van der Waals surface area (Å²) in [5.41, 5.74) is 3.53. The molecule has 6 nitrogen and oxygen atoms in total. The Bertz CT molecular complexity index is 801. The Hall–Kier alpha value is -3.28. The lowest BCUT2D eigenvalue weighted by molar-refractivity contribution is -0.116. The van der Waals surface area contributed by atoms with E-state index in [4.69, 9.17) is 4.74 Å². The number of nitrogens with one attached hydrogen (secondary N) is 3. The Balaban J connectivity index is 1.77. The van der Waals surface area contributed by atoms with Crippen molar-refractivity contribution in [3.8, 4) is 5.75 Å². The second-order valence-corrected chi connectivity index (χ2v) is 6.05. The highest BCUT2D eigenvalue weighted by Gasteiger charge is 2.06. The lowest BCUT2D eigenvalue weighted by Crippen LogP contribution is -2.28. The van der Waals surface area contributed by atoms with Gasteiger partial charge in [0, 0.05) is 17.9 Å². The minimum atomic E-state index is -0.310. The molecular weight excluding hydrogens is 342 g/mol. The van der Waals surface area contributed by atoms with E-state index in [2.05, 4.69) is 22.5 Å². The van der Waals surface area contributed by atoms with E-state index in [0.29, 0.717) is 24.5 Å². The van der Waals surface area contributed by atoms with Gasteiger partial charge >= 0.3 is 6.03 Å². The molecule has 0 aliphatic rings. The highest BCUT2D eigenvalue weighted by atomic mass is 16.5. The Kier molecular flexibility index (Phi) is 7.43. The number of benzene rings is 2. The van der Waals surface area contributed by atoms with Crippen molar-refractivity contribution in [2.75, 3.05) is 23.8 Å². The summed E-state index contributed by atoms with van der Waals surface area (Å²) in [5, 5.41) is 8.12. The molecule has 0 unspecified atom stereocenters. The summed E-state index contributed by atoms with van der Waals surface area (Å²) in [4.78, 5) is 23.6. The highest BCUT2D eigenvalue weighted by molar-refractivity contribution is 5.92. The van der Waals surface area contributed by atoms with E-state index in [1.807, 2.05) is 32.0 Å². The van der Waals surface area contributed by atoms with Crippen molar-refractivity contribution in [2.24, 2.45) is 0 Å². The molecule has 0 aliphatic carbocycles. The summed E-state index contributed by atoms with van der Waals surface area (Å²) in [6.07, 6.45) is 1.85. The predicted octanol–water partition coefficient (Wildman–Crippen LogP) is 4.02. The third-order valence-electron chi connectivity index (χ3n) is 3.98. The van der Waals surface area contributed by atoms with Crippen LogP contribution in [0.4, 0.5) is 16.2 Å². The second kappa shape index (κ2) is 10.0. The first kappa shape index (κ1) is 20.0. The normalized spacial score (nSPS) is 10.0. The van der Waals surface area contributed by atoms with Crippen molar-refractivity contribution in [1.82, 2.24) is 5.32 Å². The number of carbonyl (C=O) groups excluding carboxylic acids is 2. The first-order chi connectivity index (χ1) is 13.0. The first-order valence-electron chi connectivity index (χ1n) is 8.74.